The summed E-state index contributed by atoms with van der Waals surface area (Å²) in [6.45, 7) is 5.82. The predicted octanol–water partition coefficient (Wildman–Crippen LogP) is 2.97. The van der Waals surface area contributed by atoms with E-state index in [-0.39, 0.29) is 11.5 Å². The van der Waals surface area contributed by atoms with E-state index >= 15 is 0 Å². The largest absolute Gasteiger partial charge is 0.506 e. The monoisotopic (exact) mass is 276 g/mol. The smallest absolute Gasteiger partial charge is 0.343 e. The van der Waals surface area contributed by atoms with E-state index < -0.39 is 22.7 Å². The topological polar surface area (TPSA) is 87.7 Å². The first-order valence-corrected chi connectivity index (χ1v) is 6.39. The maximum atomic E-state index is 11.8. The van der Waals surface area contributed by atoms with Gasteiger partial charge in [0.1, 0.15) is 23.3 Å². The molecule has 0 saturated heterocycles. The summed E-state index contributed by atoms with van der Waals surface area (Å²) in [5.41, 5.74) is 0.196. The Balaban J connectivity index is 2.82. The summed E-state index contributed by atoms with van der Waals surface area (Å²) >= 11 is 0. The van der Waals surface area contributed by atoms with E-state index in [1.165, 1.54) is 12.3 Å². The van der Waals surface area contributed by atoms with Crippen LogP contribution >= 0.6 is 0 Å². The zero-order chi connectivity index (χ0) is 15.0. The van der Waals surface area contributed by atoms with E-state index in [0.717, 1.165) is 17.7 Å². The molecule has 20 heavy (non-hydrogen) atoms. The van der Waals surface area contributed by atoms with Crippen molar-refractivity contribution in [3.05, 3.63) is 39.4 Å². The molecule has 2 N–H and O–H groups in total. The fourth-order valence-electron chi connectivity index (χ4n) is 2.31. The Morgan fingerprint density at radius 2 is 2.05 bits per heavy atom. The lowest BCUT2D eigenvalue weighted by molar-refractivity contribution is 0.0692. The van der Waals surface area contributed by atoms with Crippen molar-refractivity contribution < 1.29 is 19.4 Å². The third kappa shape index (κ3) is 2.05. The Labute approximate surface area is 115 Å². The molecule has 2 rings (SSSR count). The van der Waals surface area contributed by atoms with Gasteiger partial charge >= 0.3 is 5.97 Å². The van der Waals surface area contributed by atoms with Crippen molar-refractivity contribution in [2.75, 3.05) is 0 Å². The summed E-state index contributed by atoms with van der Waals surface area (Å²) in [5.74, 6) is -1.07. The number of carboxylic acids is 1. The van der Waals surface area contributed by atoms with Crippen LogP contribution in [-0.4, -0.2) is 16.2 Å². The highest BCUT2D eigenvalue weighted by molar-refractivity contribution is 5.95. The molecular weight excluding hydrogens is 260 g/mol. The number of hydrogen-bond donors (Lipinski definition) is 2. The van der Waals surface area contributed by atoms with Crippen LogP contribution in [0.25, 0.3) is 11.1 Å². The number of hydrogen-bond acceptors (Lipinski definition) is 4. The lowest BCUT2D eigenvalue weighted by Gasteiger charge is -2.17. The van der Waals surface area contributed by atoms with Crippen LogP contribution in [0.5, 0.6) is 5.75 Å². The highest BCUT2D eigenvalue weighted by Crippen LogP contribution is 2.38. The van der Waals surface area contributed by atoms with Crippen LogP contribution in [0.2, 0.25) is 0 Å². The molecule has 0 aromatic carbocycles. The Morgan fingerprint density at radius 3 is 2.60 bits per heavy atom. The van der Waals surface area contributed by atoms with Crippen molar-refractivity contribution in [2.45, 2.75) is 33.1 Å². The molecule has 106 valence electrons. The van der Waals surface area contributed by atoms with Crippen LogP contribution in [0.1, 0.15) is 47.9 Å². The Kier molecular flexibility index (Phi) is 3.53. The predicted molar refractivity (Wildman–Crippen MR) is 73.7 cm³/mol. The summed E-state index contributed by atoms with van der Waals surface area (Å²) < 4.78 is 5.52. The second-order valence-corrected chi connectivity index (χ2v) is 4.90. The van der Waals surface area contributed by atoms with Gasteiger partial charge in [0.25, 0.3) is 0 Å². The van der Waals surface area contributed by atoms with E-state index in [1.807, 2.05) is 13.8 Å². The van der Waals surface area contributed by atoms with E-state index in [9.17, 15) is 14.7 Å². The molecule has 1 heterocycles. The van der Waals surface area contributed by atoms with Gasteiger partial charge in [0.2, 0.25) is 0 Å². The normalized spacial score (nSPS) is 12.6. The summed E-state index contributed by atoms with van der Waals surface area (Å²) in [6.07, 6.45) is 2.18. The van der Waals surface area contributed by atoms with Gasteiger partial charge in [-0.1, -0.05) is 13.8 Å². The van der Waals surface area contributed by atoms with Gasteiger partial charge in [-0.15, -0.1) is 0 Å². The minimum absolute atomic E-state index is 0.177. The molecular formula is C15H16O5. The summed E-state index contributed by atoms with van der Waals surface area (Å²) in [7, 11) is 0. The van der Waals surface area contributed by atoms with Crippen molar-refractivity contribution in [1.29, 1.82) is 0 Å². The Hall–Kier alpha value is -2.30. The molecule has 0 spiro atoms. The molecule has 0 aromatic rings. The second-order valence-electron chi connectivity index (χ2n) is 4.90. The summed E-state index contributed by atoms with van der Waals surface area (Å²) in [5, 5.41) is 18.9. The quantitative estimate of drug-likeness (QED) is 0.899. The number of carbonyl (C=O) groups is 1. The van der Waals surface area contributed by atoms with E-state index in [1.54, 1.807) is 6.92 Å². The van der Waals surface area contributed by atoms with Crippen molar-refractivity contribution in [2.24, 2.45) is 0 Å². The number of aromatic carboxylic acids is 1. The molecule has 0 saturated carbocycles. The molecule has 5 heteroatoms. The SMILES string of the molecule is CCC(C)c1occ2c(O)c(C(=O)O)c(=O)cc-2c1C. The molecule has 1 unspecified atom stereocenters. The van der Waals surface area contributed by atoms with Crippen molar-refractivity contribution in [3.63, 3.8) is 0 Å². The fraction of sp³-hybridized carbons (Fsp3) is 0.333. The van der Waals surface area contributed by atoms with Gasteiger partial charge in [-0.2, -0.15) is 0 Å². The van der Waals surface area contributed by atoms with Gasteiger partial charge in [-0.25, -0.2) is 4.79 Å². The number of benzene rings is 1. The lowest BCUT2D eigenvalue weighted by atomic mass is 9.92. The second kappa shape index (κ2) is 5.00. The average Bonchev–Trinajstić information content (AvgIpc) is 2.39. The molecule has 5 nitrogen and oxygen atoms in total. The number of rotatable bonds is 3. The minimum atomic E-state index is -1.45. The molecule has 0 radical (unpaired) electrons. The van der Waals surface area contributed by atoms with Gasteiger partial charge in [0, 0.05) is 5.92 Å². The molecule has 1 aliphatic heterocycles. The molecule has 0 amide bonds. The molecule has 0 bridgehead atoms. The number of carboxylic acid groups (broad SMARTS) is 1. The van der Waals surface area contributed by atoms with Crippen LogP contribution in [0.3, 0.4) is 0 Å². The first kappa shape index (κ1) is 14.1. The van der Waals surface area contributed by atoms with Crippen LogP contribution in [-0.2, 0) is 0 Å². The molecule has 0 fully saturated rings. The molecule has 1 atom stereocenters. The van der Waals surface area contributed by atoms with Crippen LogP contribution in [0.4, 0.5) is 0 Å². The standard InChI is InChI=1S/C15H16O5/c1-4-7(2)14-8(3)9-5-11(16)12(15(18)19)13(17)10(9)6-20-14/h5-7,17H,4H2,1-3H3,(H,18,19). The highest BCUT2D eigenvalue weighted by atomic mass is 16.4. The van der Waals surface area contributed by atoms with E-state index in [4.69, 9.17) is 9.52 Å². The van der Waals surface area contributed by atoms with Crippen LogP contribution in [0.15, 0.2) is 21.5 Å². The van der Waals surface area contributed by atoms with Crippen molar-refractivity contribution in [1.82, 2.24) is 0 Å². The lowest BCUT2D eigenvalue weighted by Crippen LogP contribution is -2.15. The maximum Gasteiger partial charge on any atom is 0.343 e. The van der Waals surface area contributed by atoms with Gasteiger partial charge in [0.05, 0.1) is 5.56 Å². The summed E-state index contributed by atoms with van der Waals surface area (Å²) in [4.78, 5) is 22.8. The first-order chi connectivity index (χ1) is 9.38. The highest BCUT2D eigenvalue weighted by Gasteiger charge is 2.24. The molecule has 1 aliphatic carbocycles. The van der Waals surface area contributed by atoms with Crippen LogP contribution in [0, 0.1) is 6.92 Å². The fourth-order valence-corrected chi connectivity index (χ4v) is 2.31. The summed E-state index contributed by atoms with van der Waals surface area (Å²) in [6, 6.07) is 1.25. The third-order valence-corrected chi connectivity index (χ3v) is 3.66. The average molecular weight is 276 g/mol. The molecule has 0 aromatic heterocycles. The van der Waals surface area contributed by atoms with Gasteiger partial charge in [0.15, 0.2) is 5.43 Å². The number of fused-ring (bicyclic) bond motifs is 1. The van der Waals surface area contributed by atoms with Crippen molar-refractivity contribution >= 4 is 5.97 Å². The Bertz CT molecular complexity index is 698. The van der Waals surface area contributed by atoms with Crippen LogP contribution < -0.4 is 5.43 Å². The number of phenols is 1. The molecule has 2 aliphatic rings. The first-order valence-electron chi connectivity index (χ1n) is 6.39. The zero-order valence-electron chi connectivity index (χ0n) is 11.6. The number of aromatic hydroxyl groups is 1. The minimum Gasteiger partial charge on any atom is -0.506 e. The Morgan fingerprint density at radius 1 is 1.40 bits per heavy atom. The van der Waals surface area contributed by atoms with Gasteiger partial charge in [-0.3, -0.25) is 4.79 Å². The maximum absolute atomic E-state index is 11.8. The van der Waals surface area contributed by atoms with E-state index in [0.29, 0.717) is 5.56 Å². The third-order valence-electron chi connectivity index (χ3n) is 3.66. The van der Waals surface area contributed by atoms with E-state index in [2.05, 4.69) is 0 Å². The van der Waals surface area contributed by atoms with Crippen molar-refractivity contribution in [3.8, 4) is 16.9 Å². The van der Waals surface area contributed by atoms with Gasteiger partial charge < -0.3 is 14.6 Å². The van der Waals surface area contributed by atoms with Gasteiger partial charge in [-0.05, 0) is 30.5 Å². The zero-order valence-corrected chi connectivity index (χ0v) is 11.6.